The smallest absolute Gasteiger partial charge is 0.416 e. The summed E-state index contributed by atoms with van der Waals surface area (Å²) in [6, 6.07) is 8.26. The molecule has 0 unspecified atom stereocenters. The highest BCUT2D eigenvalue weighted by Crippen LogP contribution is 2.33. The van der Waals surface area contributed by atoms with Gasteiger partial charge in [-0.3, -0.25) is 9.36 Å². The minimum Gasteiger partial charge on any atom is -0.493 e. The molecule has 0 atom stereocenters. The molecule has 1 aliphatic rings. The largest absolute Gasteiger partial charge is 0.493 e. The number of benzene rings is 2. The molecular formula is C23H21F3N2O3. The molecule has 0 bridgehead atoms. The molecule has 0 N–H and O–H groups in total. The van der Waals surface area contributed by atoms with Gasteiger partial charge in [-0.2, -0.15) is 13.2 Å². The first-order valence-corrected chi connectivity index (χ1v) is 9.86. The van der Waals surface area contributed by atoms with E-state index in [1.165, 1.54) is 26.4 Å². The predicted molar refractivity (Wildman–Crippen MR) is 112 cm³/mol. The Morgan fingerprint density at radius 1 is 1.03 bits per heavy atom. The Hall–Kier alpha value is -3.29. The number of halogens is 3. The Morgan fingerprint density at radius 3 is 2.35 bits per heavy atom. The highest BCUT2D eigenvalue weighted by Gasteiger charge is 2.30. The number of methoxy groups -OCH3 is 2. The van der Waals surface area contributed by atoms with Gasteiger partial charge in [0.05, 0.1) is 30.7 Å². The van der Waals surface area contributed by atoms with Gasteiger partial charge < -0.3 is 9.47 Å². The number of rotatable bonds is 3. The van der Waals surface area contributed by atoms with E-state index in [1.54, 1.807) is 22.8 Å². The molecule has 3 aromatic rings. The Balaban J connectivity index is 1.86. The number of fused-ring (bicyclic) bond motifs is 2. The maximum absolute atomic E-state index is 13.2. The average Bonchev–Trinajstić information content (AvgIpc) is 2.95. The van der Waals surface area contributed by atoms with E-state index in [-0.39, 0.29) is 5.56 Å². The zero-order chi connectivity index (χ0) is 22.2. The fourth-order valence-corrected chi connectivity index (χ4v) is 3.80. The molecule has 31 heavy (non-hydrogen) atoms. The van der Waals surface area contributed by atoms with Gasteiger partial charge in [0, 0.05) is 12.6 Å². The van der Waals surface area contributed by atoms with E-state index < -0.39 is 11.7 Å². The molecule has 0 amide bonds. The SMILES string of the molecule is COc1cc2nc3n(c(=O)c2cc1OC)CCCCC3=Cc1ccc(C(F)(F)F)cc1. The van der Waals surface area contributed by atoms with Crippen molar-refractivity contribution in [1.29, 1.82) is 0 Å². The van der Waals surface area contributed by atoms with E-state index in [1.807, 2.05) is 0 Å². The normalized spacial score (nSPS) is 15.6. The Bertz CT molecular complexity index is 1210. The zero-order valence-electron chi connectivity index (χ0n) is 17.1. The van der Waals surface area contributed by atoms with Crippen LogP contribution in [-0.2, 0) is 12.7 Å². The van der Waals surface area contributed by atoms with Crippen LogP contribution in [0.3, 0.4) is 0 Å². The third-order valence-corrected chi connectivity index (χ3v) is 5.40. The maximum atomic E-state index is 13.2. The fourth-order valence-electron chi connectivity index (χ4n) is 3.80. The number of ether oxygens (including phenoxy) is 2. The summed E-state index contributed by atoms with van der Waals surface area (Å²) >= 11 is 0. The maximum Gasteiger partial charge on any atom is 0.416 e. The van der Waals surface area contributed by atoms with Crippen LogP contribution in [0.25, 0.3) is 22.6 Å². The average molecular weight is 430 g/mol. The number of allylic oxidation sites excluding steroid dienone is 1. The second-order valence-corrected chi connectivity index (χ2v) is 7.36. The molecule has 4 rings (SSSR count). The van der Waals surface area contributed by atoms with E-state index in [0.29, 0.717) is 46.8 Å². The van der Waals surface area contributed by atoms with Crippen molar-refractivity contribution in [2.45, 2.75) is 32.0 Å². The van der Waals surface area contributed by atoms with Crippen molar-refractivity contribution in [2.75, 3.05) is 14.2 Å². The summed E-state index contributed by atoms with van der Waals surface area (Å²) in [5, 5.41) is 0.428. The second kappa shape index (κ2) is 8.09. The van der Waals surface area contributed by atoms with Crippen LogP contribution in [0, 0.1) is 0 Å². The molecule has 0 fully saturated rings. The third kappa shape index (κ3) is 4.02. The van der Waals surface area contributed by atoms with Crippen LogP contribution < -0.4 is 15.0 Å². The molecule has 0 saturated carbocycles. The molecule has 0 radical (unpaired) electrons. The minimum absolute atomic E-state index is 0.179. The molecular weight excluding hydrogens is 409 g/mol. The standard InChI is InChI=1S/C23H21F3N2O3/c1-30-19-12-17-18(13-20(19)31-2)27-21-15(5-3-4-10-28(21)22(17)29)11-14-6-8-16(9-7-14)23(24,25)26/h6-9,11-13H,3-5,10H2,1-2H3. The summed E-state index contributed by atoms with van der Waals surface area (Å²) in [7, 11) is 3.01. The number of hydrogen-bond donors (Lipinski definition) is 0. The molecule has 8 heteroatoms. The zero-order valence-corrected chi connectivity index (χ0v) is 17.1. The van der Waals surface area contributed by atoms with Gasteiger partial charge in [-0.15, -0.1) is 0 Å². The van der Waals surface area contributed by atoms with Crippen LogP contribution >= 0.6 is 0 Å². The van der Waals surface area contributed by atoms with E-state index >= 15 is 0 Å². The summed E-state index contributed by atoms with van der Waals surface area (Å²) in [5.41, 5.74) is 1.04. The van der Waals surface area contributed by atoms with Crippen molar-refractivity contribution in [2.24, 2.45) is 0 Å². The van der Waals surface area contributed by atoms with Gasteiger partial charge in [0.15, 0.2) is 11.5 Å². The van der Waals surface area contributed by atoms with Crippen molar-refractivity contribution in [1.82, 2.24) is 9.55 Å². The van der Waals surface area contributed by atoms with E-state index in [0.717, 1.165) is 30.5 Å². The highest BCUT2D eigenvalue weighted by atomic mass is 19.4. The molecule has 1 aromatic heterocycles. The number of alkyl halides is 3. The second-order valence-electron chi connectivity index (χ2n) is 7.36. The lowest BCUT2D eigenvalue weighted by Gasteiger charge is -2.14. The first-order valence-electron chi connectivity index (χ1n) is 9.86. The molecule has 0 spiro atoms. The Morgan fingerprint density at radius 2 is 1.71 bits per heavy atom. The molecule has 2 aromatic carbocycles. The topological polar surface area (TPSA) is 53.4 Å². The molecule has 5 nitrogen and oxygen atoms in total. The summed E-state index contributed by atoms with van der Waals surface area (Å²) < 4.78 is 50.8. The van der Waals surface area contributed by atoms with Crippen molar-refractivity contribution in [3.05, 3.63) is 63.7 Å². The fraction of sp³-hybridized carbons (Fsp3) is 0.304. The van der Waals surface area contributed by atoms with Gasteiger partial charge >= 0.3 is 6.18 Å². The van der Waals surface area contributed by atoms with Crippen LogP contribution in [0.2, 0.25) is 0 Å². The summed E-state index contributed by atoms with van der Waals surface area (Å²) in [6.07, 6.45) is -0.257. The van der Waals surface area contributed by atoms with Crippen molar-refractivity contribution in [3.63, 3.8) is 0 Å². The van der Waals surface area contributed by atoms with Crippen LogP contribution in [0.15, 0.2) is 41.2 Å². The molecule has 0 aliphatic carbocycles. The van der Waals surface area contributed by atoms with Crippen molar-refractivity contribution >= 4 is 22.6 Å². The third-order valence-electron chi connectivity index (χ3n) is 5.40. The number of hydrogen-bond acceptors (Lipinski definition) is 4. The first kappa shape index (κ1) is 21.0. The van der Waals surface area contributed by atoms with Crippen LogP contribution in [0.1, 0.15) is 36.2 Å². The predicted octanol–water partition coefficient (Wildman–Crippen LogP) is 5.16. The summed E-state index contributed by atoms with van der Waals surface area (Å²) in [6.45, 7) is 0.524. The van der Waals surface area contributed by atoms with Crippen molar-refractivity contribution < 1.29 is 22.6 Å². The molecule has 1 aliphatic heterocycles. The molecule has 2 heterocycles. The molecule has 0 saturated heterocycles. The quantitative estimate of drug-likeness (QED) is 0.576. The van der Waals surface area contributed by atoms with Gasteiger partial charge in [-0.05, 0) is 54.7 Å². The van der Waals surface area contributed by atoms with Crippen LogP contribution in [0.4, 0.5) is 13.2 Å². The van der Waals surface area contributed by atoms with E-state index in [9.17, 15) is 18.0 Å². The number of nitrogens with zero attached hydrogens (tertiary/aromatic N) is 2. The van der Waals surface area contributed by atoms with Gasteiger partial charge in [-0.1, -0.05) is 12.1 Å². The van der Waals surface area contributed by atoms with Gasteiger partial charge in [-0.25, -0.2) is 4.98 Å². The lowest BCUT2D eigenvalue weighted by atomic mass is 10.0. The first-order chi connectivity index (χ1) is 14.8. The lowest BCUT2D eigenvalue weighted by molar-refractivity contribution is -0.137. The summed E-state index contributed by atoms with van der Waals surface area (Å²) in [4.78, 5) is 18.0. The van der Waals surface area contributed by atoms with E-state index in [4.69, 9.17) is 14.5 Å². The monoisotopic (exact) mass is 430 g/mol. The summed E-state index contributed by atoms with van der Waals surface area (Å²) in [5.74, 6) is 1.44. The lowest BCUT2D eigenvalue weighted by Crippen LogP contribution is -2.24. The Labute approximate surface area is 176 Å². The van der Waals surface area contributed by atoms with Crippen molar-refractivity contribution in [3.8, 4) is 11.5 Å². The van der Waals surface area contributed by atoms with Gasteiger partial charge in [0.2, 0.25) is 0 Å². The van der Waals surface area contributed by atoms with Gasteiger partial charge in [0.25, 0.3) is 5.56 Å². The highest BCUT2D eigenvalue weighted by molar-refractivity contribution is 5.85. The Kier molecular flexibility index (Phi) is 5.47. The number of aromatic nitrogens is 2. The molecule has 162 valence electrons. The van der Waals surface area contributed by atoms with Crippen LogP contribution in [0.5, 0.6) is 11.5 Å². The van der Waals surface area contributed by atoms with Gasteiger partial charge in [0.1, 0.15) is 5.82 Å². The van der Waals surface area contributed by atoms with E-state index in [2.05, 4.69) is 0 Å². The minimum atomic E-state index is -4.38. The van der Waals surface area contributed by atoms with Crippen LogP contribution in [-0.4, -0.2) is 23.8 Å².